The minimum atomic E-state index is -2.21. The summed E-state index contributed by atoms with van der Waals surface area (Å²) in [6.07, 6.45) is 0. The second-order valence-electron chi connectivity index (χ2n) is 1.70. The highest BCUT2D eigenvalue weighted by Gasteiger charge is 1.94. The average Bonchev–Trinajstić information content (AvgIpc) is 1.92. The van der Waals surface area contributed by atoms with Crippen LogP contribution in [0, 0.1) is 13.8 Å². The fraction of sp³-hybridized carbons (Fsp3) is 0.333. The van der Waals surface area contributed by atoms with E-state index in [1.165, 1.54) is 6.07 Å². The first kappa shape index (κ1) is 3.52. The van der Waals surface area contributed by atoms with Crippen LogP contribution in [0.5, 0.6) is 0 Å². The molecule has 0 saturated heterocycles. The third-order valence-electron chi connectivity index (χ3n) is 0.924. The van der Waals surface area contributed by atoms with E-state index in [9.17, 15) is 0 Å². The van der Waals surface area contributed by atoms with E-state index in [0.717, 1.165) is 0 Å². The lowest BCUT2D eigenvalue weighted by atomic mass is 10.3. The van der Waals surface area contributed by atoms with E-state index in [-0.39, 0.29) is 10.8 Å². The number of halogens is 1. The molecule has 0 fully saturated rings. The number of aryl methyl sites for hydroxylation is 2. The Labute approximate surface area is 63.1 Å². The molecule has 1 aromatic heterocycles. The highest BCUT2D eigenvalue weighted by molar-refractivity contribution is 6.30. The maximum absolute atomic E-state index is 7.03. The van der Waals surface area contributed by atoms with Crippen molar-refractivity contribution in [3.63, 3.8) is 0 Å². The average molecular weight is 146 g/mol. The maximum Gasteiger partial charge on any atom is 0.154 e. The molecule has 0 amide bonds. The quantitative estimate of drug-likeness (QED) is 0.556. The van der Waals surface area contributed by atoms with Gasteiger partial charge in [-0.15, -0.1) is 5.10 Å². The molecule has 0 bridgehead atoms. The van der Waals surface area contributed by atoms with Gasteiger partial charge in [0.15, 0.2) is 5.15 Å². The van der Waals surface area contributed by atoms with Crippen LogP contribution in [0.3, 0.4) is 0 Å². The lowest BCUT2D eigenvalue weighted by Gasteiger charge is -1.93. The van der Waals surface area contributed by atoms with Crippen LogP contribution in [0.4, 0.5) is 0 Å². The minimum absolute atomic E-state index is 0.0237. The molecule has 48 valence electrons. The summed E-state index contributed by atoms with van der Waals surface area (Å²) in [5, 5.41) is 7.21. The standard InChI is InChI=1S/C6H7ClN2/c1-4-3-5(2)8-9-6(4)7/h3H,1-2H3/i2D3. The van der Waals surface area contributed by atoms with Crippen molar-refractivity contribution < 1.29 is 4.11 Å². The lowest BCUT2D eigenvalue weighted by Crippen LogP contribution is -1.88. The van der Waals surface area contributed by atoms with E-state index in [2.05, 4.69) is 10.2 Å². The molecule has 0 N–H and O–H groups in total. The van der Waals surface area contributed by atoms with Crippen molar-refractivity contribution >= 4 is 11.6 Å². The summed E-state index contributed by atoms with van der Waals surface area (Å²) in [6, 6.07) is 1.42. The van der Waals surface area contributed by atoms with Crippen molar-refractivity contribution in [2.75, 3.05) is 0 Å². The van der Waals surface area contributed by atoms with Crippen LogP contribution in [0.2, 0.25) is 5.15 Å². The van der Waals surface area contributed by atoms with Crippen molar-refractivity contribution in [1.82, 2.24) is 10.2 Å². The fourth-order valence-corrected chi connectivity index (χ4v) is 0.562. The first-order chi connectivity index (χ1) is 5.41. The summed E-state index contributed by atoms with van der Waals surface area (Å²) in [5.41, 5.74) is 0.599. The summed E-state index contributed by atoms with van der Waals surface area (Å²) >= 11 is 5.57. The molecule has 2 nitrogen and oxygen atoms in total. The van der Waals surface area contributed by atoms with Gasteiger partial charge in [0.1, 0.15) is 0 Å². The summed E-state index contributed by atoms with van der Waals surface area (Å²) in [5.74, 6) is 0. The zero-order valence-corrected chi connectivity index (χ0v) is 5.61. The van der Waals surface area contributed by atoms with Crippen LogP contribution in [0.25, 0.3) is 0 Å². The molecule has 0 spiro atoms. The number of hydrogen-bond donors (Lipinski definition) is 0. The molecule has 0 unspecified atom stereocenters. The van der Waals surface area contributed by atoms with Crippen LogP contribution in [-0.2, 0) is 0 Å². The number of aromatic nitrogens is 2. The lowest BCUT2D eigenvalue weighted by molar-refractivity contribution is 0.967. The molecule has 9 heavy (non-hydrogen) atoms. The molecule has 1 aromatic rings. The minimum Gasteiger partial charge on any atom is -0.154 e. The highest BCUT2D eigenvalue weighted by atomic mass is 35.5. The van der Waals surface area contributed by atoms with Crippen molar-refractivity contribution in [2.45, 2.75) is 13.8 Å². The SMILES string of the molecule is [2H]C([2H])([2H])c1cc(C)c(Cl)nn1. The Morgan fingerprint density at radius 1 is 1.67 bits per heavy atom. The molecule has 3 heteroatoms. The van der Waals surface area contributed by atoms with Crippen LogP contribution in [0.15, 0.2) is 6.07 Å². The molecule has 0 radical (unpaired) electrons. The van der Waals surface area contributed by atoms with Crippen LogP contribution >= 0.6 is 11.6 Å². The van der Waals surface area contributed by atoms with E-state index in [4.69, 9.17) is 15.7 Å². The molecule has 0 atom stereocenters. The second-order valence-corrected chi connectivity index (χ2v) is 2.06. The Balaban J connectivity index is 3.14. The van der Waals surface area contributed by atoms with Gasteiger partial charge in [0.2, 0.25) is 0 Å². The first-order valence-electron chi connectivity index (χ1n) is 3.91. The second kappa shape index (κ2) is 2.31. The normalized spacial score (nSPS) is 16.0. The monoisotopic (exact) mass is 145 g/mol. The van der Waals surface area contributed by atoms with Gasteiger partial charge in [0.05, 0.1) is 5.69 Å². The van der Waals surface area contributed by atoms with E-state index in [1.54, 1.807) is 6.92 Å². The van der Waals surface area contributed by atoms with Crippen molar-refractivity contribution in [3.05, 3.63) is 22.5 Å². The molecule has 1 rings (SSSR count). The zero-order chi connectivity index (χ0) is 9.35. The summed E-state index contributed by atoms with van der Waals surface area (Å²) < 4.78 is 21.1. The predicted molar refractivity (Wildman–Crippen MR) is 36.5 cm³/mol. The largest absolute Gasteiger partial charge is 0.154 e. The fourth-order valence-electron chi connectivity index (χ4n) is 0.470. The van der Waals surface area contributed by atoms with Crippen molar-refractivity contribution in [1.29, 1.82) is 0 Å². The third-order valence-corrected chi connectivity index (χ3v) is 1.30. The topological polar surface area (TPSA) is 25.8 Å². The Kier molecular flexibility index (Phi) is 0.904. The summed E-state index contributed by atoms with van der Waals surface area (Å²) in [4.78, 5) is 0. The van der Waals surface area contributed by atoms with Gasteiger partial charge in [0, 0.05) is 4.11 Å². The van der Waals surface area contributed by atoms with E-state index < -0.39 is 6.85 Å². The van der Waals surface area contributed by atoms with Crippen molar-refractivity contribution in [2.24, 2.45) is 0 Å². The Morgan fingerprint density at radius 3 is 3.00 bits per heavy atom. The molecule has 0 aliphatic rings. The third kappa shape index (κ3) is 1.39. The molecule has 0 aromatic carbocycles. The molecule has 0 aliphatic heterocycles. The van der Waals surface area contributed by atoms with Gasteiger partial charge >= 0.3 is 0 Å². The number of nitrogens with zero attached hydrogens (tertiary/aromatic N) is 2. The van der Waals surface area contributed by atoms with Crippen LogP contribution in [0.1, 0.15) is 15.4 Å². The van der Waals surface area contributed by atoms with Gasteiger partial charge in [-0.2, -0.15) is 5.10 Å². The van der Waals surface area contributed by atoms with Crippen LogP contribution < -0.4 is 0 Å². The number of hydrogen-bond acceptors (Lipinski definition) is 2. The molecular weight excluding hydrogens is 136 g/mol. The molecular formula is C6H7ClN2. The van der Waals surface area contributed by atoms with Crippen LogP contribution in [-0.4, -0.2) is 10.2 Å². The molecule has 0 aliphatic carbocycles. The van der Waals surface area contributed by atoms with E-state index in [0.29, 0.717) is 5.56 Å². The van der Waals surface area contributed by atoms with E-state index in [1.807, 2.05) is 0 Å². The summed E-state index contributed by atoms with van der Waals surface area (Å²) in [6.45, 7) is -0.519. The summed E-state index contributed by atoms with van der Waals surface area (Å²) in [7, 11) is 0. The van der Waals surface area contributed by atoms with Gasteiger partial charge < -0.3 is 0 Å². The maximum atomic E-state index is 7.03. The van der Waals surface area contributed by atoms with Gasteiger partial charge in [-0.1, -0.05) is 11.6 Å². The smallest absolute Gasteiger partial charge is 0.154 e. The van der Waals surface area contributed by atoms with Gasteiger partial charge in [-0.3, -0.25) is 0 Å². The Hall–Kier alpha value is -0.630. The van der Waals surface area contributed by atoms with Crippen molar-refractivity contribution in [3.8, 4) is 0 Å². The van der Waals surface area contributed by atoms with E-state index >= 15 is 0 Å². The Morgan fingerprint density at radius 2 is 2.44 bits per heavy atom. The first-order valence-corrected chi connectivity index (χ1v) is 2.79. The van der Waals surface area contributed by atoms with Gasteiger partial charge in [-0.05, 0) is 25.4 Å². The molecule has 0 saturated carbocycles. The Bertz CT molecular complexity index is 297. The molecule has 1 heterocycles. The highest BCUT2D eigenvalue weighted by Crippen LogP contribution is 2.09. The zero-order valence-electron chi connectivity index (χ0n) is 7.85. The number of rotatable bonds is 0. The predicted octanol–water partition coefficient (Wildman–Crippen LogP) is 1.75. The van der Waals surface area contributed by atoms with Gasteiger partial charge in [-0.25, -0.2) is 0 Å². The van der Waals surface area contributed by atoms with Gasteiger partial charge in [0.25, 0.3) is 0 Å².